The second kappa shape index (κ2) is 10.6. The molecule has 0 aliphatic carbocycles. The minimum absolute atomic E-state index is 0.0617. The number of rotatable bonds is 7. The number of halogens is 1. The molecule has 0 spiro atoms. The summed E-state index contributed by atoms with van der Waals surface area (Å²) in [7, 11) is 0. The molecule has 1 aliphatic rings. The zero-order valence-electron chi connectivity index (χ0n) is 19.6. The molecule has 2 amide bonds. The molecule has 8 nitrogen and oxygen atoms in total. The first-order chi connectivity index (χ1) is 18.0. The number of nitrogens with one attached hydrogen (secondary N) is 2. The molecule has 37 heavy (non-hydrogen) atoms. The molecule has 0 saturated carbocycles. The summed E-state index contributed by atoms with van der Waals surface area (Å²) in [5.74, 6) is -0.315. The number of carbonyl (C=O) groups excluding carboxylic acids is 1. The standard InChI is InChI=1S/C28H23ClN4O4/c29-19-5-1-4-18(14-19)26-24(27(34)35)7-2-8-25(26)33-16-23(17-33)37-22-11-9-20(10-12-22)31-28(36)32-21-6-3-13-30-15-21/h1-15,23H,16-17H2,(H,34,35)(H2,31,32,36). The van der Waals surface area contributed by atoms with Crippen LogP contribution in [-0.2, 0) is 0 Å². The Labute approximate surface area is 218 Å². The number of pyridine rings is 1. The van der Waals surface area contributed by atoms with Crippen LogP contribution in [0.3, 0.4) is 0 Å². The van der Waals surface area contributed by atoms with Crippen LogP contribution in [0.4, 0.5) is 21.9 Å². The van der Waals surface area contributed by atoms with Crippen LogP contribution in [0, 0.1) is 0 Å². The van der Waals surface area contributed by atoms with E-state index in [0.717, 1.165) is 11.3 Å². The van der Waals surface area contributed by atoms with E-state index >= 15 is 0 Å². The molecule has 1 fully saturated rings. The Kier molecular flexibility index (Phi) is 6.91. The predicted octanol–water partition coefficient (Wildman–Crippen LogP) is 6.01. The molecular weight excluding hydrogens is 492 g/mol. The molecule has 3 N–H and O–H groups in total. The number of anilines is 3. The zero-order chi connectivity index (χ0) is 25.8. The lowest BCUT2D eigenvalue weighted by atomic mass is 9.95. The molecule has 0 atom stereocenters. The van der Waals surface area contributed by atoms with Crippen LogP contribution in [0.5, 0.6) is 5.75 Å². The van der Waals surface area contributed by atoms with Crippen molar-refractivity contribution in [3.05, 3.63) is 102 Å². The van der Waals surface area contributed by atoms with E-state index in [-0.39, 0.29) is 17.7 Å². The van der Waals surface area contributed by atoms with Gasteiger partial charge in [0.2, 0.25) is 0 Å². The number of nitrogens with zero attached hydrogens (tertiary/aromatic N) is 2. The third-order valence-corrected chi connectivity index (χ3v) is 6.14. The van der Waals surface area contributed by atoms with Gasteiger partial charge in [0.05, 0.1) is 30.5 Å². The maximum absolute atomic E-state index is 12.2. The molecule has 5 rings (SSSR count). The van der Waals surface area contributed by atoms with Gasteiger partial charge in [-0.25, -0.2) is 9.59 Å². The molecule has 1 saturated heterocycles. The fourth-order valence-electron chi connectivity index (χ4n) is 4.18. The van der Waals surface area contributed by atoms with Crippen molar-refractivity contribution in [1.82, 2.24) is 4.98 Å². The number of amides is 2. The Morgan fingerprint density at radius 2 is 1.70 bits per heavy atom. The summed E-state index contributed by atoms with van der Waals surface area (Å²) in [5.41, 5.74) is 3.65. The van der Waals surface area contributed by atoms with Gasteiger partial charge in [0.1, 0.15) is 11.9 Å². The van der Waals surface area contributed by atoms with Crippen molar-refractivity contribution in [3.8, 4) is 16.9 Å². The summed E-state index contributed by atoms with van der Waals surface area (Å²) in [5, 5.41) is 15.8. The zero-order valence-corrected chi connectivity index (χ0v) is 20.4. The molecule has 0 bridgehead atoms. The van der Waals surface area contributed by atoms with Crippen molar-refractivity contribution in [1.29, 1.82) is 0 Å². The number of urea groups is 1. The summed E-state index contributed by atoms with van der Waals surface area (Å²) < 4.78 is 6.08. The van der Waals surface area contributed by atoms with Crippen molar-refractivity contribution in [3.63, 3.8) is 0 Å². The molecule has 9 heteroatoms. The predicted molar refractivity (Wildman–Crippen MR) is 144 cm³/mol. The topological polar surface area (TPSA) is 104 Å². The molecule has 4 aromatic rings. The summed E-state index contributed by atoms with van der Waals surface area (Å²) in [6.07, 6.45) is 3.14. The van der Waals surface area contributed by atoms with E-state index in [4.69, 9.17) is 16.3 Å². The largest absolute Gasteiger partial charge is 0.487 e. The van der Waals surface area contributed by atoms with E-state index < -0.39 is 5.97 Å². The number of hydrogen-bond acceptors (Lipinski definition) is 5. The van der Waals surface area contributed by atoms with Crippen molar-refractivity contribution >= 4 is 40.7 Å². The summed E-state index contributed by atoms with van der Waals surface area (Å²) >= 11 is 6.18. The number of aromatic carboxylic acids is 1. The second-order valence-corrected chi connectivity index (χ2v) is 8.94. The van der Waals surface area contributed by atoms with Gasteiger partial charge in [-0.15, -0.1) is 0 Å². The van der Waals surface area contributed by atoms with Crippen LogP contribution in [0.15, 0.2) is 91.3 Å². The fraction of sp³-hybridized carbons (Fsp3) is 0.107. The van der Waals surface area contributed by atoms with E-state index in [1.54, 1.807) is 73.1 Å². The minimum Gasteiger partial charge on any atom is -0.487 e. The van der Waals surface area contributed by atoms with Gasteiger partial charge in [0.25, 0.3) is 0 Å². The normalized spacial score (nSPS) is 12.9. The van der Waals surface area contributed by atoms with Gasteiger partial charge in [-0.1, -0.05) is 29.8 Å². The average molecular weight is 515 g/mol. The number of benzene rings is 3. The van der Waals surface area contributed by atoms with E-state index in [1.807, 2.05) is 18.2 Å². The first-order valence-corrected chi connectivity index (χ1v) is 12.0. The van der Waals surface area contributed by atoms with E-state index in [9.17, 15) is 14.7 Å². The first kappa shape index (κ1) is 24.1. The molecular formula is C28H23ClN4O4. The Bertz CT molecular complexity index is 1420. The SMILES string of the molecule is O=C(Nc1ccc(OC2CN(c3cccc(C(=O)O)c3-c3cccc(Cl)c3)C2)cc1)Nc1cccnc1. The van der Waals surface area contributed by atoms with Crippen LogP contribution in [-0.4, -0.2) is 41.3 Å². The van der Waals surface area contributed by atoms with Crippen LogP contribution in [0.25, 0.3) is 11.1 Å². The van der Waals surface area contributed by atoms with Crippen molar-refractivity contribution < 1.29 is 19.4 Å². The van der Waals surface area contributed by atoms with Gasteiger partial charge in [-0.2, -0.15) is 0 Å². The lowest BCUT2D eigenvalue weighted by Gasteiger charge is -2.41. The van der Waals surface area contributed by atoms with Gasteiger partial charge in [0, 0.05) is 28.2 Å². The van der Waals surface area contributed by atoms with Crippen molar-refractivity contribution in [2.24, 2.45) is 0 Å². The van der Waals surface area contributed by atoms with E-state index in [1.165, 1.54) is 0 Å². The quantitative estimate of drug-likeness (QED) is 0.279. The highest BCUT2D eigenvalue weighted by molar-refractivity contribution is 6.31. The Balaban J connectivity index is 1.22. The smallest absolute Gasteiger partial charge is 0.336 e. The molecule has 0 unspecified atom stereocenters. The first-order valence-electron chi connectivity index (χ1n) is 11.6. The number of hydrogen-bond donors (Lipinski definition) is 3. The fourth-order valence-corrected chi connectivity index (χ4v) is 4.37. The number of aromatic nitrogens is 1. The van der Waals surface area contributed by atoms with Crippen LogP contribution < -0.4 is 20.3 Å². The highest BCUT2D eigenvalue weighted by Gasteiger charge is 2.31. The maximum atomic E-state index is 12.2. The summed E-state index contributed by atoms with van der Waals surface area (Å²) in [6.45, 7) is 1.20. The van der Waals surface area contributed by atoms with Crippen LogP contribution >= 0.6 is 11.6 Å². The molecule has 0 radical (unpaired) electrons. The Morgan fingerprint density at radius 3 is 2.41 bits per heavy atom. The summed E-state index contributed by atoms with van der Waals surface area (Å²) in [4.78, 5) is 30.2. The third-order valence-electron chi connectivity index (χ3n) is 5.91. The Morgan fingerprint density at radius 1 is 0.946 bits per heavy atom. The average Bonchev–Trinajstić information content (AvgIpc) is 2.87. The van der Waals surface area contributed by atoms with Crippen molar-refractivity contribution in [2.45, 2.75) is 6.10 Å². The van der Waals surface area contributed by atoms with Gasteiger partial charge in [-0.3, -0.25) is 4.98 Å². The molecule has 1 aliphatic heterocycles. The van der Waals surface area contributed by atoms with E-state index in [2.05, 4.69) is 20.5 Å². The van der Waals surface area contributed by atoms with Crippen LogP contribution in [0.2, 0.25) is 5.02 Å². The van der Waals surface area contributed by atoms with Crippen molar-refractivity contribution in [2.75, 3.05) is 28.6 Å². The summed E-state index contributed by atoms with van der Waals surface area (Å²) in [6, 6.07) is 22.7. The second-order valence-electron chi connectivity index (χ2n) is 8.51. The highest BCUT2D eigenvalue weighted by atomic mass is 35.5. The number of carboxylic acids is 1. The lowest BCUT2D eigenvalue weighted by molar-refractivity contribution is 0.0697. The maximum Gasteiger partial charge on any atom is 0.336 e. The van der Waals surface area contributed by atoms with Crippen LogP contribution in [0.1, 0.15) is 10.4 Å². The molecule has 186 valence electrons. The monoisotopic (exact) mass is 514 g/mol. The number of ether oxygens (including phenoxy) is 1. The number of carbonyl (C=O) groups is 2. The Hall–Kier alpha value is -4.56. The van der Waals surface area contributed by atoms with Gasteiger partial charge in [-0.05, 0) is 66.2 Å². The van der Waals surface area contributed by atoms with Gasteiger partial charge >= 0.3 is 12.0 Å². The van der Waals surface area contributed by atoms with Gasteiger partial charge in [0.15, 0.2) is 0 Å². The van der Waals surface area contributed by atoms with E-state index in [0.29, 0.717) is 40.8 Å². The molecule has 1 aromatic heterocycles. The number of carboxylic acid groups (broad SMARTS) is 1. The minimum atomic E-state index is -0.993. The third kappa shape index (κ3) is 5.65. The van der Waals surface area contributed by atoms with Gasteiger partial charge < -0.3 is 25.4 Å². The lowest BCUT2D eigenvalue weighted by Crippen LogP contribution is -2.54. The highest BCUT2D eigenvalue weighted by Crippen LogP contribution is 2.38. The molecule has 3 aromatic carbocycles. The molecule has 2 heterocycles.